The van der Waals surface area contributed by atoms with Gasteiger partial charge < -0.3 is 9.64 Å². The average Bonchev–Trinajstić information content (AvgIpc) is 2.40. The van der Waals surface area contributed by atoms with E-state index < -0.39 is 5.97 Å². The zero-order chi connectivity index (χ0) is 13.8. The molecule has 1 aliphatic rings. The largest absolute Gasteiger partial charge is 0.465 e. The summed E-state index contributed by atoms with van der Waals surface area (Å²) in [5, 5.41) is 0. The second-order valence-electron chi connectivity index (χ2n) is 4.96. The summed E-state index contributed by atoms with van der Waals surface area (Å²) in [7, 11) is 3.05. The number of amides is 1. The Hall–Kier alpha value is -1.84. The second-order valence-corrected chi connectivity index (χ2v) is 4.96. The molecule has 0 atom stereocenters. The Morgan fingerprint density at radius 1 is 1.32 bits per heavy atom. The monoisotopic (exact) mass is 261 g/mol. The van der Waals surface area contributed by atoms with Gasteiger partial charge >= 0.3 is 5.97 Å². The summed E-state index contributed by atoms with van der Waals surface area (Å²) in [6, 6.07) is 7.02. The molecule has 4 nitrogen and oxygen atoms in total. The van der Waals surface area contributed by atoms with Crippen molar-refractivity contribution in [3.05, 3.63) is 29.8 Å². The Bertz CT molecular complexity index is 480. The van der Waals surface area contributed by atoms with Crippen molar-refractivity contribution in [2.24, 2.45) is 5.92 Å². The number of para-hydroxylation sites is 1. The zero-order valence-corrected chi connectivity index (χ0v) is 11.4. The molecule has 0 heterocycles. The Kier molecular flexibility index (Phi) is 4.20. The first-order valence-corrected chi connectivity index (χ1v) is 6.57. The molecule has 1 aromatic rings. The molecule has 0 bridgehead atoms. The fourth-order valence-corrected chi connectivity index (χ4v) is 2.26. The van der Waals surface area contributed by atoms with Gasteiger partial charge in [-0.2, -0.15) is 0 Å². The maximum absolute atomic E-state index is 12.2. The number of esters is 1. The van der Waals surface area contributed by atoms with E-state index in [-0.39, 0.29) is 5.91 Å². The van der Waals surface area contributed by atoms with Gasteiger partial charge in [0.05, 0.1) is 18.4 Å². The highest BCUT2D eigenvalue weighted by Crippen LogP contribution is 2.31. The molecule has 1 amide bonds. The Balaban J connectivity index is 2.15. The van der Waals surface area contributed by atoms with Gasteiger partial charge in [0, 0.05) is 13.5 Å². The van der Waals surface area contributed by atoms with Crippen LogP contribution in [-0.2, 0) is 9.53 Å². The van der Waals surface area contributed by atoms with Gasteiger partial charge in [-0.25, -0.2) is 4.79 Å². The van der Waals surface area contributed by atoms with E-state index in [0.717, 1.165) is 12.8 Å². The van der Waals surface area contributed by atoms with E-state index >= 15 is 0 Å². The van der Waals surface area contributed by atoms with Gasteiger partial charge in [0.1, 0.15) is 0 Å². The third-order valence-electron chi connectivity index (χ3n) is 3.73. The highest BCUT2D eigenvalue weighted by Gasteiger charge is 2.24. The van der Waals surface area contributed by atoms with E-state index in [0.29, 0.717) is 23.6 Å². The van der Waals surface area contributed by atoms with E-state index in [1.54, 1.807) is 30.1 Å². The Morgan fingerprint density at radius 3 is 2.58 bits per heavy atom. The minimum absolute atomic E-state index is 0.0565. The average molecular weight is 261 g/mol. The van der Waals surface area contributed by atoms with Crippen LogP contribution >= 0.6 is 0 Å². The van der Waals surface area contributed by atoms with E-state index in [1.807, 2.05) is 6.07 Å². The molecule has 0 aromatic heterocycles. The number of benzene rings is 1. The molecule has 0 aliphatic heterocycles. The second kappa shape index (κ2) is 5.87. The molecular formula is C15H19NO3. The highest BCUT2D eigenvalue weighted by molar-refractivity contribution is 6.02. The highest BCUT2D eigenvalue weighted by atomic mass is 16.5. The molecule has 1 saturated carbocycles. The standard InChI is InChI=1S/C15H19NO3/c1-16(14(17)10-11-6-5-7-11)13-9-4-3-8-12(13)15(18)19-2/h3-4,8-9,11H,5-7,10H2,1-2H3. The van der Waals surface area contributed by atoms with Crippen LogP contribution in [0.4, 0.5) is 5.69 Å². The zero-order valence-electron chi connectivity index (χ0n) is 11.4. The van der Waals surface area contributed by atoms with Gasteiger partial charge in [0.2, 0.25) is 5.91 Å². The smallest absolute Gasteiger partial charge is 0.339 e. The summed E-state index contributed by atoms with van der Waals surface area (Å²) < 4.78 is 4.74. The predicted molar refractivity (Wildman–Crippen MR) is 73.1 cm³/mol. The van der Waals surface area contributed by atoms with Gasteiger partial charge in [-0.15, -0.1) is 0 Å². The van der Waals surface area contributed by atoms with E-state index in [9.17, 15) is 9.59 Å². The maximum Gasteiger partial charge on any atom is 0.339 e. The first-order chi connectivity index (χ1) is 9.13. The summed E-state index contributed by atoms with van der Waals surface area (Å²) in [6.45, 7) is 0. The Labute approximate surface area is 113 Å². The quantitative estimate of drug-likeness (QED) is 0.783. The number of nitrogens with zero attached hydrogens (tertiary/aromatic N) is 1. The molecule has 0 N–H and O–H groups in total. The lowest BCUT2D eigenvalue weighted by molar-refractivity contribution is -0.119. The molecule has 0 unspecified atom stereocenters. The number of carbonyl (C=O) groups excluding carboxylic acids is 2. The summed E-state index contributed by atoms with van der Waals surface area (Å²) >= 11 is 0. The first-order valence-electron chi connectivity index (χ1n) is 6.57. The molecule has 1 aliphatic carbocycles. The molecule has 1 fully saturated rings. The fraction of sp³-hybridized carbons (Fsp3) is 0.467. The van der Waals surface area contributed by atoms with Crippen LogP contribution in [-0.4, -0.2) is 26.0 Å². The van der Waals surface area contributed by atoms with Gasteiger partial charge in [-0.3, -0.25) is 4.79 Å². The lowest BCUT2D eigenvalue weighted by Crippen LogP contribution is -2.31. The minimum Gasteiger partial charge on any atom is -0.465 e. The fourth-order valence-electron chi connectivity index (χ4n) is 2.26. The molecular weight excluding hydrogens is 242 g/mol. The predicted octanol–water partition coefficient (Wildman–Crippen LogP) is 2.63. The number of rotatable bonds is 4. The van der Waals surface area contributed by atoms with E-state index in [4.69, 9.17) is 4.74 Å². The summed E-state index contributed by atoms with van der Waals surface area (Å²) in [4.78, 5) is 25.4. The lowest BCUT2D eigenvalue weighted by atomic mass is 9.82. The van der Waals surface area contributed by atoms with Gasteiger partial charge in [0.15, 0.2) is 0 Å². The van der Waals surface area contributed by atoms with Gasteiger partial charge in [-0.1, -0.05) is 18.6 Å². The minimum atomic E-state index is -0.418. The molecule has 0 saturated heterocycles. The third kappa shape index (κ3) is 2.95. The molecule has 1 aromatic carbocycles. The van der Waals surface area contributed by atoms with Crippen molar-refractivity contribution in [1.82, 2.24) is 0 Å². The van der Waals surface area contributed by atoms with Crippen molar-refractivity contribution in [2.75, 3.05) is 19.1 Å². The normalized spacial score (nSPS) is 14.6. The van der Waals surface area contributed by atoms with Crippen molar-refractivity contribution in [3.8, 4) is 0 Å². The number of ether oxygens (including phenoxy) is 1. The molecule has 0 radical (unpaired) electrons. The van der Waals surface area contributed by atoms with Crippen LogP contribution < -0.4 is 4.90 Å². The van der Waals surface area contributed by atoms with Crippen LogP contribution in [0.2, 0.25) is 0 Å². The topological polar surface area (TPSA) is 46.6 Å². The number of anilines is 1. The van der Waals surface area contributed by atoms with Crippen molar-refractivity contribution in [2.45, 2.75) is 25.7 Å². The Morgan fingerprint density at radius 2 is 2.00 bits per heavy atom. The van der Waals surface area contributed by atoms with Crippen LogP contribution in [0.5, 0.6) is 0 Å². The molecule has 2 rings (SSSR count). The third-order valence-corrected chi connectivity index (χ3v) is 3.73. The van der Waals surface area contributed by atoms with Crippen LogP contribution in [0.25, 0.3) is 0 Å². The number of carbonyl (C=O) groups is 2. The maximum atomic E-state index is 12.2. The van der Waals surface area contributed by atoms with Crippen molar-refractivity contribution in [1.29, 1.82) is 0 Å². The molecule has 102 valence electrons. The van der Waals surface area contributed by atoms with Crippen molar-refractivity contribution < 1.29 is 14.3 Å². The first kappa shape index (κ1) is 13.6. The number of methoxy groups -OCH3 is 1. The van der Waals surface area contributed by atoms with Gasteiger partial charge in [0.25, 0.3) is 0 Å². The van der Waals surface area contributed by atoms with Crippen LogP contribution in [0.15, 0.2) is 24.3 Å². The van der Waals surface area contributed by atoms with Crippen molar-refractivity contribution in [3.63, 3.8) is 0 Å². The molecule has 19 heavy (non-hydrogen) atoms. The van der Waals surface area contributed by atoms with E-state index in [1.165, 1.54) is 13.5 Å². The van der Waals surface area contributed by atoms with Crippen LogP contribution in [0, 0.1) is 5.92 Å². The number of hydrogen-bond acceptors (Lipinski definition) is 3. The molecule has 4 heteroatoms. The van der Waals surface area contributed by atoms with Crippen LogP contribution in [0.1, 0.15) is 36.0 Å². The molecule has 0 spiro atoms. The lowest BCUT2D eigenvalue weighted by Gasteiger charge is -2.27. The summed E-state index contributed by atoms with van der Waals surface area (Å²) in [5.41, 5.74) is 1.04. The summed E-state index contributed by atoms with van der Waals surface area (Å²) in [6.07, 6.45) is 4.06. The van der Waals surface area contributed by atoms with Crippen molar-refractivity contribution >= 4 is 17.6 Å². The van der Waals surface area contributed by atoms with Crippen LogP contribution in [0.3, 0.4) is 0 Å². The van der Waals surface area contributed by atoms with E-state index in [2.05, 4.69) is 0 Å². The number of hydrogen-bond donors (Lipinski definition) is 0. The summed E-state index contributed by atoms with van der Waals surface area (Å²) in [5.74, 6) is 0.153. The SMILES string of the molecule is COC(=O)c1ccccc1N(C)C(=O)CC1CCC1. The van der Waals surface area contributed by atoms with Gasteiger partial charge in [-0.05, 0) is 30.9 Å².